The average molecular weight is 248 g/mol. The van der Waals surface area contributed by atoms with Crippen molar-refractivity contribution in [2.45, 2.75) is 45.3 Å². The lowest BCUT2D eigenvalue weighted by Gasteiger charge is -2.03. The maximum Gasteiger partial charge on any atom is 0.640 e. The van der Waals surface area contributed by atoms with Gasteiger partial charge in [-0.25, -0.2) is 0 Å². The summed E-state index contributed by atoms with van der Waals surface area (Å²) in [5.74, 6) is 0. The zero-order valence-corrected chi connectivity index (χ0v) is 8.81. The molecule has 0 aromatic rings. The third-order valence-electron chi connectivity index (χ3n) is 1.30. The summed E-state index contributed by atoms with van der Waals surface area (Å²) in [6, 6.07) is 0. The van der Waals surface area contributed by atoms with Gasteiger partial charge in [-0.3, -0.25) is 4.65 Å². The highest BCUT2D eigenvalue weighted by molar-refractivity contribution is 6.32. The topological polar surface area (TPSA) is 90.2 Å². The molecule has 5 nitrogen and oxygen atoms in total. The third kappa shape index (κ3) is 23.5. The second-order valence-corrected chi connectivity index (χ2v) is 2.87. The summed E-state index contributed by atoms with van der Waals surface area (Å²) in [6.45, 7) is 2.09. The largest absolute Gasteiger partial charge is 0.640 e. The Kier molecular flexibility index (Phi) is 11.1. The fourth-order valence-corrected chi connectivity index (χ4v) is 0.696. The van der Waals surface area contributed by atoms with E-state index in [0.717, 1.165) is 19.3 Å². The van der Waals surface area contributed by atoms with E-state index in [1.807, 2.05) is 0 Å². The van der Waals surface area contributed by atoms with E-state index in [2.05, 4.69) is 11.6 Å². The summed E-state index contributed by atoms with van der Waals surface area (Å²) in [5, 5.41) is 31.7. The van der Waals surface area contributed by atoms with E-state index in [0.29, 0.717) is 6.42 Å². The zero-order chi connectivity index (χ0) is 13.2. The van der Waals surface area contributed by atoms with Crippen LogP contribution in [0.15, 0.2) is 0 Å². The van der Waals surface area contributed by atoms with Crippen molar-refractivity contribution in [1.29, 1.82) is 0 Å². The first-order chi connectivity index (χ1) is 7.19. The molecule has 0 aromatic heterocycles. The molecule has 0 radical (unpaired) electrons. The first-order valence-electron chi connectivity index (χ1n) is 4.65. The first kappa shape index (κ1) is 18.0. The quantitative estimate of drug-likeness (QED) is 0.320. The molecule has 0 aliphatic carbocycles. The van der Waals surface area contributed by atoms with Crippen molar-refractivity contribution in [1.82, 2.24) is 0 Å². The molecule has 4 N–H and O–H groups in total. The number of aliphatic hydroxyl groups is 2. The standard InChI is InChI=1S/C6H14O2.CH2BF3O3/c1-2-3-4-5-6(7)8;3-1(4,5)8-2(6)7/h6-8H,2-5H2,1H3;6-7H. The Morgan fingerprint density at radius 3 is 1.88 bits per heavy atom. The molecule has 0 fully saturated rings. The number of halogens is 3. The molecule has 0 spiro atoms. The van der Waals surface area contributed by atoms with Gasteiger partial charge >= 0.3 is 13.7 Å². The van der Waals surface area contributed by atoms with Crippen LogP contribution in [0.2, 0.25) is 0 Å². The van der Waals surface area contributed by atoms with Gasteiger partial charge in [0.05, 0.1) is 0 Å². The Balaban J connectivity index is 0. The van der Waals surface area contributed by atoms with Crippen molar-refractivity contribution in [3.8, 4) is 0 Å². The molecule has 0 unspecified atom stereocenters. The van der Waals surface area contributed by atoms with Crippen molar-refractivity contribution >= 4 is 7.32 Å². The lowest BCUT2D eigenvalue weighted by molar-refractivity contribution is -0.288. The predicted molar refractivity (Wildman–Crippen MR) is 49.7 cm³/mol. The molecule has 16 heavy (non-hydrogen) atoms. The van der Waals surface area contributed by atoms with Crippen molar-refractivity contribution in [2.24, 2.45) is 0 Å². The Hall–Kier alpha value is -0.345. The fourth-order valence-electron chi connectivity index (χ4n) is 0.696. The lowest BCUT2D eigenvalue weighted by Crippen LogP contribution is -2.27. The highest BCUT2D eigenvalue weighted by Crippen LogP contribution is 2.15. The van der Waals surface area contributed by atoms with E-state index in [1.54, 1.807) is 0 Å². The van der Waals surface area contributed by atoms with Crippen molar-refractivity contribution < 1.29 is 38.1 Å². The van der Waals surface area contributed by atoms with Gasteiger partial charge in [-0.05, 0) is 12.8 Å². The highest BCUT2D eigenvalue weighted by Gasteiger charge is 2.34. The number of unbranched alkanes of at least 4 members (excludes halogenated alkanes) is 2. The van der Waals surface area contributed by atoms with Crippen molar-refractivity contribution in [3.05, 3.63) is 0 Å². The van der Waals surface area contributed by atoms with Gasteiger partial charge in [-0.2, -0.15) is 0 Å². The maximum atomic E-state index is 10.8. The van der Waals surface area contributed by atoms with E-state index in [9.17, 15) is 13.2 Å². The molecule has 0 heterocycles. The molecule has 0 rings (SSSR count). The predicted octanol–water partition coefficient (Wildman–Crippen LogP) is 0.370. The van der Waals surface area contributed by atoms with Gasteiger partial charge in [0.25, 0.3) is 0 Å². The Bertz CT molecular complexity index is 153. The molecular formula is C7H16BF3O5. The summed E-state index contributed by atoms with van der Waals surface area (Å²) >= 11 is 0. The minimum atomic E-state index is -4.98. The van der Waals surface area contributed by atoms with Crippen molar-refractivity contribution in [3.63, 3.8) is 0 Å². The molecular weight excluding hydrogens is 232 g/mol. The van der Waals surface area contributed by atoms with Gasteiger partial charge in [0, 0.05) is 0 Å². The van der Waals surface area contributed by atoms with Crippen LogP contribution in [0.3, 0.4) is 0 Å². The highest BCUT2D eigenvalue weighted by atomic mass is 19.4. The van der Waals surface area contributed by atoms with Crippen molar-refractivity contribution in [2.75, 3.05) is 0 Å². The first-order valence-corrected chi connectivity index (χ1v) is 4.65. The minimum absolute atomic E-state index is 0.522. The van der Waals surface area contributed by atoms with Gasteiger partial charge in [0.15, 0.2) is 6.29 Å². The smallest absolute Gasteiger partial charge is 0.402 e. The van der Waals surface area contributed by atoms with Crippen LogP contribution in [0, 0.1) is 0 Å². The van der Waals surface area contributed by atoms with E-state index >= 15 is 0 Å². The lowest BCUT2D eigenvalue weighted by atomic mass is 10.2. The summed E-state index contributed by atoms with van der Waals surface area (Å²) in [6.07, 6.45) is -2.40. The van der Waals surface area contributed by atoms with E-state index in [-0.39, 0.29) is 0 Å². The second kappa shape index (κ2) is 9.85. The average Bonchev–Trinajstić information content (AvgIpc) is 2.00. The molecule has 0 saturated carbocycles. The third-order valence-corrected chi connectivity index (χ3v) is 1.30. The molecule has 0 amide bonds. The number of rotatable bonds is 5. The molecule has 0 aromatic carbocycles. The van der Waals surface area contributed by atoms with E-state index in [1.165, 1.54) is 0 Å². The van der Waals surface area contributed by atoms with Crippen LogP contribution in [-0.2, 0) is 4.65 Å². The Morgan fingerprint density at radius 1 is 1.19 bits per heavy atom. The summed E-state index contributed by atoms with van der Waals surface area (Å²) in [7, 11) is -2.78. The molecule has 0 bridgehead atoms. The molecule has 0 saturated heterocycles. The second-order valence-electron chi connectivity index (χ2n) is 2.87. The molecule has 9 heteroatoms. The fraction of sp³-hybridized carbons (Fsp3) is 1.00. The van der Waals surface area contributed by atoms with E-state index < -0.39 is 20.0 Å². The summed E-state index contributed by atoms with van der Waals surface area (Å²) < 4.78 is 34.8. The van der Waals surface area contributed by atoms with Crippen LogP contribution in [0.5, 0.6) is 0 Å². The van der Waals surface area contributed by atoms with Gasteiger partial charge in [0.2, 0.25) is 0 Å². The van der Waals surface area contributed by atoms with Crippen LogP contribution in [0.4, 0.5) is 13.2 Å². The molecule has 0 aliphatic rings. The number of hydrogen-bond donors (Lipinski definition) is 4. The van der Waals surface area contributed by atoms with Gasteiger partial charge in [-0.15, -0.1) is 13.2 Å². The van der Waals surface area contributed by atoms with Crippen LogP contribution in [0.25, 0.3) is 0 Å². The van der Waals surface area contributed by atoms with Crippen LogP contribution < -0.4 is 0 Å². The minimum Gasteiger partial charge on any atom is -0.402 e. The monoisotopic (exact) mass is 248 g/mol. The summed E-state index contributed by atoms with van der Waals surface area (Å²) in [5.41, 5.74) is 0. The number of aliphatic hydroxyl groups excluding tert-OH is 1. The van der Waals surface area contributed by atoms with Crippen LogP contribution >= 0.6 is 0 Å². The Morgan fingerprint density at radius 2 is 1.69 bits per heavy atom. The van der Waals surface area contributed by atoms with Crippen LogP contribution in [0.1, 0.15) is 32.6 Å². The maximum absolute atomic E-state index is 10.8. The van der Waals surface area contributed by atoms with Gasteiger partial charge < -0.3 is 20.3 Å². The molecule has 98 valence electrons. The normalized spacial score (nSPS) is 11.1. The molecule has 0 aliphatic heterocycles. The summed E-state index contributed by atoms with van der Waals surface area (Å²) in [4.78, 5) is 0. The number of alkyl halides is 3. The van der Waals surface area contributed by atoms with Gasteiger partial charge in [-0.1, -0.05) is 19.8 Å². The Labute approximate surface area is 91.6 Å². The van der Waals surface area contributed by atoms with Gasteiger partial charge in [0.1, 0.15) is 0 Å². The number of hydrogen-bond acceptors (Lipinski definition) is 5. The van der Waals surface area contributed by atoms with Crippen LogP contribution in [-0.4, -0.2) is 40.2 Å². The molecule has 0 atom stereocenters. The SMILES string of the molecule is CCCCCC(O)O.OB(O)OC(F)(F)F. The zero-order valence-electron chi connectivity index (χ0n) is 8.81. The van der Waals surface area contributed by atoms with E-state index in [4.69, 9.17) is 20.3 Å².